The molecular formula is C26H27NO3. The fraction of sp³-hybridized carbons (Fsp3) is 0.192. The van der Waals surface area contributed by atoms with Gasteiger partial charge in [-0.25, -0.2) is 0 Å². The zero-order chi connectivity index (χ0) is 21.5. The van der Waals surface area contributed by atoms with Gasteiger partial charge in [0.25, 0.3) is 0 Å². The molecule has 3 rings (SSSR count). The monoisotopic (exact) mass is 401 g/mol. The molecule has 0 atom stereocenters. The lowest BCUT2D eigenvalue weighted by atomic mass is 9.94. The third-order valence-electron chi connectivity index (χ3n) is 5.12. The topological polar surface area (TPSA) is 38.8 Å². The van der Waals surface area contributed by atoms with Crippen LogP contribution < -0.4 is 9.47 Å². The highest BCUT2D eigenvalue weighted by Gasteiger charge is 2.13. The van der Waals surface area contributed by atoms with Gasteiger partial charge >= 0.3 is 0 Å². The molecule has 0 radical (unpaired) electrons. The second-order valence-electron chi connectivity index (χ2n) is 6.92. The van der Waals surface area contributed by atoms with Gasteiger partial charge in [-0.2, -0.15) is 0 Å². The third-order valence-corrected chi connectivity index (χ3v) is 5.12. The number of methoxy groups -OCH3 is 2. The largest absolute Gasteiger partial charge is 0.493 e. The van der Waals surface area contributed by atoms with Crippen LogP contribution in [-0.2, 0) is 4.79 Å². The minimum atomic E-state index is -0.0468. The summed E-state index contributed by atoms with van der Waals surface area (Å²) in [6.07, 6.45) is 1.68. The van der Waals surface area contributed by atoms with Gasteiger partial charge in [-0.15, -0.1) is 0 Å². The number of benzene rings is 3. The van der Waals surface area contributed by atoms with E-state index in [2.05, 4.69) is 24.3 Å². The van der Waals surface area contributed by atoms with Crippen LogP contribution in [0.4, 0.5) is 0 Å². The first kappa shape index (κ1) is 21.2. The van der Waals surface area contributed by atoms with Crippen molar-refractivity contribution < 1.29 is 14.3 Å². The molecule has 0 saturated carbocycles. The van der Waals surface area contributed by atoms with E-state index in [0.717, 1.165) is 27.8 Å². The molecule has 30 heavy (non-hydrogen) atoms. The number of rotatable bonds is 7. The van der Waals surface area contributed by atoms with Crippen molar-refractivity contribution in [2.24, 2.45) is 0 Å². The number of carbonyl (C=O) groups is 1. The zero-order valence-corrected chi connectivity index (χ0v) is 17.9. The van der Waals surface area contributed by atoms with Crippen LogP contribution in [0.25, 0.3) is 16.7 Å². The molecule has 154 valence electrons. The van der Waals surface area contributed by atoms with Gasteiger partial charge in [0.05, 0.1) is 14.2 Å². The molecule has 0 aliphatic carbocycles. The predicted molar refractivity (Wildman–Crippen MR) is 122 cm³/mol. The van der Waals surface area contributed by atoms with Crippen molar-refractivity contribution in [2.75, 3.05) is 27.8 Å². The van der Waals surface area contributed by atoms with Gasteiger partial charge in [-0.3, -0.25) is 4.79 Å². The minimum Gasteiger partial charge on any atom is -0.493 e. The van der Waals surface area contributed by atoms with Gasteiger partial charge < -0.3 is 14.4 Å². The molecule has 1 amide bonds. The fourth-order valence-corrected chi connectivity index (χ4v) is 3.20. The number of nitrogens with zero attached hydrogens (tertiary/aromatic N) is 1. The van der Waals surface area contributed by atoms with Gasteiger partial charge in [-0.05, 0) is 46.9 Å². The van der Waals surface area contributed by atoms with Crippen LogP contribution in [-0.4, -0.2) is 38.6 Å². The molecule has 4 heteroatoms. The van der Waals surface area contributed by atoms with E-state index >= 15 is 0 Å². The normalized spacial score (nSPS) is 11.1. The molecule has 3 aromatic carbocycles. The lowest BCUT2D eigenvalue weighted by molar-refractivity contribution is -0.124. The van der Waals surface area contributed by atoms with E-state index in [1.807, 2.05) is 55.5 Å². The first-order valence-electron chi connectivity index (χ1n) is 9.92. The molecule has 0 bridgehead atoms. The Morgan fingerprint density at radius 2 is 1.43 bits per heavy atom. The SMILES string of the molecule is CCN(C)C(=O)C=C(c1ccc(-c2ccccc2)cc1)c1ccc(OC)c(OC)c1. The van der Waals surface area contributed by atoms with E-state index in [1.54, 1.807) is 32.2 Å². The van der Waals surface area contributed by atoms with Crippen LogP contribution in [0, 0.1) is 0 Å². The standard InChI is InChI=1S/C26H27NO3/c1-5-27(2)26(28)18-23(22-15-16-24(29-3)25(17-22)30-4)21-13-11-20(12-14-21)19-9-7-6-8-10-19/h6-18H,5H2,1-4H3. The maximum absolute atomic E-state index is 12.7. The van der Waals surface area contributed by atoms with Crippen molar-refractivity contribution in [3.05, 3.63) is 90.0 Å². The number of likely N-dealkylation sites (N-methyl/N-ethyl adjacent to an activating group) is 1. The molecule has 0 N–H and O–H groups in total. The van der Waals surface area contributed by atoms with Crippen LogP contribution in [0.15, 0.2) is 78.9 Å². The maximum Gasteiger partial charge on any atom is 0.246 e. The maximum atomic E-state index is 12.7. The van der Waals surface area contributed by atoms with Crippen molar-refractivity contribution in [3.63, 3.8) is 0 Å². The fourth-order valence-electron chi connectivity index (χ4n) is 3.20. The first-order valence-corrected chi connectivity index (χ1v) is 9.92. The molecule has 0 aliphatic heterocycles. The Balaban J connectivity index is 2.06. The summed E-state index contributed by atoms with van der Waals surface area (Å²) in [5.41, 5.74) is 4.96. The Morgan fingerprint density at radius 1 is 0.833 bits per heavy atom. The smallest absolute Gasteiger partial charge is 0.246 e. The van der Waals surface area contributed by atoms with E-state index in [-0.39, 0.29) is 5.91 Å². The van der Waals surface area contributed by atoms with E-state index < -0.39 is 0 Å². The summed E-state index contributed by atoms with van der Waals surface area (Å²) in [6, 6.07) is 24.2. The lowest BCUT2D eigenvalue weighted by Gasteiger charge is -2.16. The molecule has 0 aliphatic rings. The van der Waals surface area contributed by atoms with Gasteiger partial charge in [-0.1, -0.05) is 60.7 Å². The molecule has 0 heterocycles. The van der Waals surface area contributed by atoms with Crippen LogP contribution in [0.3, 0.4) is 0 Å². The zero-order valence-electron chi connectivity index (χ0n) is 17.9. The molecular weight excluding hydrogens is 374 g/mol. The summed E-state index contributed by atoms with van der Waals surface area (Å²) in [5.74, 6) is 1.23. The summed E-state index contributed by atoms with van der Waals surface area (Å²) >= 11 is 0. The minimum absolute atomic E-state index is 0.0468. The van der Waals surface area contributed by atoms with Crippen molar-refractivity contribution in [1.29, 1.82) is 0 Å². The molecule has 0 fully saturated rings. The number of amides is 1. The molecule has 0 aromatic heterocycles. The van der Waals surface area contributed by atoms with Gasteiger partial charge in [0.2, 0.25) is 5.91 Å². The Kier molecular flexibility index (Phi) is 6.91. The highest BCUT2D eigenvalue weighted by atomic mass is 16.5. The van der Waals surface area contributed by atoms with Crippen molar-refractivity contribution in [2.45, 2.75) is 6.92 Å². The Hall–Kier alpha value is -3.53. The number of hydrogen-bond donors (Lipinski definition) is 0. The van der Waals surface area contributed by atoms with Crippen molar-refractivity contribution >= 4 is 11.5 Å². The van der Waals surface area contributed by atoms with Crippen LogP contribution in [0.5, 0.6) is 11.5 Å². The average Bonchev–Trinajstić information content (AvgIpc) is 2.82. The molecule has 4 nitrogen and oxygen atoms in total. The van der Waals surface area contributed by atoms with E-state index in [9.17, 15) is 4.79 Å². The Labute approximate surface area is 178 Å². The number of ether oxygens (including phenoxy) is 2. The average molecular weight is 402 g/mol. The Bertz CT molecular complexity index is 1020. The molecule has 0 saturated heterocycles. The third kappa shape index (κ3) is 4.71. The Morgan fingerprint density at radius 3 is 2.03 bits per heavy atom. The summed E-state index contributed by atoms with van der Waals surface area (Å²) in [5, 5.41) is 0. The van der Waals surface area contributed by atoms with E-state index in [1.165, 1.54) is 0 Å². The van der Waals surface area contributed by atoms with Crippen LogP contribution >= 0.6 is 0 Å². The summed E-state index contributed by atoms with van der Waals surface area (Å²) in [4.78, 5) is 14.4. The number of carbonyl (C=O) groups excluding carboxylic acids is 1. The summed E-state index contributed by atoms with van der Waals surface area (Å²) in [7, 11) is 5.01. The predicted octanol–water partition coefficient (Wildman–Crippen LogP) is 5.28. The van der Waals surface area contributed by atoms with E-state index in [4.69, 9.17) is 9.47 Å². The summed E-state index contributed by atoms with van der Waals surface area (Å²) in [6.45, 7) is 2.60. The van der Waals surface area contributed by atoms with Gasteiger partial charge in [0.1, 0.15) is 0 Å². The van der Waals surface area contributed by atoms with Crippen molar-refractivity contribution in [1.82, 2.24) is 4.90 Å². The second-order valence-corrected chi connectivity index (χ2v) is 6.92. The quantitative estimate of drug-likeness (QED) is 0.506. The van der Waals surface area contributed by atoms with Crippen LogP contribution in [0.1, 0.15) is 18.1 Å². The highest BCUT2D eigenvalue weighted by molar-refractivity contribution is 5.99. The highest BCUT2D eigenvalue weighted by Crippen LogP contribution is 2.33. The number of hydrogen-bond acceptors (Lipinski definition) is 3. The first-order chi connectivity index (χ1) is 14.6. The van der Waals surface area contributed by atoms with Crippen LogP contribution in [0.2, 0.25) is 0 Å². The van der Waals surface area contributed by atoms with Gasteiger partial charge in [0.15, 0.2) is 11.5 Å². The molecule has 0 unspecified atom stereocenters. The van der Waals surface area contributed by atoms with E-state index in [0.29, 0.717) is 18.0 Å². The summed E-state index contributed by atoms with van der Waals surface area (Å²) < 4.78 is 10.8. The lowest BCUT2D eigenvalue weighted by Crippen LogP contribution is -2.24. The van der Waals surface area contributed by atoms with Gasteiger partial charge in [0, 0.05) is 19.7 Å². The van der Waals surface area contributed by atoms with Crippen molar-refractivity contribution in [3.8, 4) is 22.6 Å². The molecule has 0 spiro atoms. The second kappa shape index (κ2) is 9.79. The molecule has 3 aromatic rings.